The van der Waals surface area contributed by atoms with Crippen LogP contribution >= 0.6 is 11.3 Å². The SMILES string of the molecule is COc1ccc(-c2csc3[nH]c(=O)cc(O)c23)cc1. The lowest BCUT2D eigenvalue weighted by atomic mass is 10.1. The highest BCUT2D eigenvalue weighted by Crippen LogP contribution is 2.37. The second-order valence-corrected chi connectivity index (χ2v) is 4.98. The Morgan fingerprint density at radius 3 is 2.68 bits per heavy atom. The third-order valence-electron chi connectivity index (χ3n) is 2.95. The van der Waals surface area contributed by atoms with E-state index in [4.69, 9.17) is 4.74 Å². The number of hydrogen-bond donors (Lipinski definition) is 2. The highest BCUT2D eigenvalue weighted by atomic mass is 32.1. The Balaban J connectivity index is 2.22. The summed E-state index contributed by atoms with van der Waals surface area (Å²) >= 11 is 1.40. The van der Waals surface area contributed by atoms with Crippen molar-refractivity contribution in [1.82, 2.24) is 4.98 Å². The molecule has 1 aromatic carbocycles. The fraction of sp³-hybridized carbons (Fsp3) is 0.0714. The van der Waals surface area contributed by atoms with Crippen molar-refractivity contribution < 1.29 is 9.84 Å². The first-order chi connectivity index (χ1) is 9.19. The third kappa shape index (κ3) is 1.98. The van der Waals surface area contributed by atoms with E-state index in [2.05, 4.69) is 4.98 Å². The number of methoxy groups -OCH3 is 1. The summed E-state index contributed by atoms with van der Waals surface area (Å²) in [6, 6.07) is 8.76. The highest BCUT2D eigenvalue weighted by molar-refractivity contribution is 7.17. The third-order valence-corrected chi connectivity index (χ3v) is 3.85. The van der Waals surface area contributed by atoms with Gasteiger partial charge in [0.25, 0.3) is 5.56 Å². The topological polar surface area (TPSA) is 62.3 Å². The van der Waals surface area contributed by atoms with Gasteiger partial charge < -0.3 is 14.8 Å². The summed E-state index contributed by atoms with van der Waals surface area (Å²) in [7, 11) is 1.62. The zero-order chi connectivity index (χ0) is 13.4. The minimum Gasteiger partial charge on any atom is -0.507 e. The van der Waals surface area contributed by atoms with Gasteiger partial charge in [0.15, 0.2) is 0 Å². The van der Waals surface area contributed by atoms with Crippen LogP contribution in [0.5, 0.6) is 11.5 Å². The van der Waals surface area contributed by atoms with Crippen molar-refractivity contribution in [1.29, 1.82) is 0 Å². The number of H-pyrrole nitrogens is 1. The van der Waals surface area contributed by atoms with Gasteiger partial charge in [-0.1, -0.05) is 12.1 Å². The molecule has 0 atom stereocenters. The quantitative estimate of drug-likeness (QED) is 0.754. The van der Waals surface area contributed by atoms with Gasteiger partial charge in [-0.25, -0.2) is 0 Å². The Morgan fingerprint density at radius 1 is 1.26 bits per heavy atom. The second-order valence-electron chi connectivity index (χ2n) is 4.10. The Morgan fingerprint density at radius 2 is 2.00 bits per heavy atom. The number of aromatic nitrogens is 1. The van der Waals surface area contributed by atoms with Gasteiger partial charge >= 0.3 is 0 Å². The number of benzene rings is 1. The molecule has 0 saturated carbocycles. The van der Waals surface area contributed by atoms with Gasteiger partial charge in [0.1, 0.15) is 16.3 Å². The molecular formula is C14H11NO3S. The van der Waals surface area contributed by atoms with Crippen molar-refractivity contribution >= 4 is 21.6 Å². The maximum atomic E-state index is 11.3. The number of aromatic amines is 1. The van der Waals surface area contributed by atoms with Crippen molar-refractivity contribution in [2.24, 2.45) is 0 Å². The molecular weight excluding hydrogens is 262 g/mol. The van der Waals surface area contributed by atoms with E-state index in [0.29, 0.717) is 10.2 Å². The van der Waals surface area contributed by atoms with E-state index in [1.54, 1.807) is 7.11 Å². The van der Waals surface area contributed by atoms with Crippen LogP contribution in [0.25, 0.3) is 21.3 Å². The fourth-order valence-electron chi connectivity index (χ4n) is 2.03. The molecule has 3 aromatic rings. The van der Waals surface area contributed by atoms with Crippen molar-refractivity contribution in [3.05, 3.63) is 46.1 Å². The summed E-state index contributed by atoms with van der Waals surface area (Å²) in [5, 5.41) is 12.5. The monoisotopic (exact) mass is 273 g/mol. The minimum absolute atomic E-state index is 0.00539. The largest absolute Gasteiger partial charge is 0.507 e. The molecule has 0 saturated heterocycles. The predicted molar refractivity (Wildman–Crippen MR) is 76.1 cm³/mol. The van der Waals surface area contributed by atoms with Crippen LogP contribution in [0.4, 0.5) is 0 Å². The standard InChI is InChI=1S/C14H11NO3S/c1-18-9-4-2-8(3-5-9)10-7-19-14-13(10)11(16)6-12(17)15-14/h2-7H,1H3,(H2,15,16,17). The molecule has 0 bridgehead atoms. The van der Waals surface area contributed by atoms with Gasteiger partial charge in [0.05, 0.1) is 12.5 Å². The minimum atomic E-state index is -0.298. The average molecular weight is 273 g/mol. The number of hydrogen-bond acceptors (Lipinski definition) is 4. The van der Waals surface area contributed by atoms with Crippen molar-refractivity contribution in [3.63, 3.8) is 0 Å². The summed E-state index contributed by atoms with van der Waals surface area (Å²) in [6.07, 6.45) is 0. The molecule has 96 valence electrons. The summed E-state index contributed by atoms with van der Waals surface area (Å²) in [6.45, 7) is 0. The zero-order valence-corrected chi connectivity index (χ0v) is 11.0. The lowest BCUT2D eigenvalue weighted by Crippen LogP contribution is -2.01. The van der Waals surface area contributed by atoms with Crippen molar-refractivity contribution in [2.45, 2.75) is 0 Å². The Labute approximate surface area is 112 Å². The van der Waals surface area contributed by atoms with Crippen molar-refractivity contribution in [2.75, 3.05) is 7.11 Å². The number of ether oxygens (including phenoxy) is 1. The van der Waals surface area contributed by atoms with Crippen LogP contribution in [-0.4, -0.2) is 17.2 Å². The summed E-state index contributed by atoms with van der Waals surface area (Å²) in [5.74, 6) is 0.784. The summed E-state index contributed by atoms with van der Waals surface area (Å²) in [4.78, 5) is 14.7. The van der Waals surface area contributed by atoms with E-state index in [1.807, 2.05) is 29.6 Å². The molecule has 0 fully saturated rings. The van der Waals surface area contributed by atoms with Crippen LogP contribution in [0, 0.1) is 0 Å². The highest BCUT2D eigenvalue weighted by Gasteiger charge is 2.11. The van der Waals surface area contributed by atoms with E-state index >= 15 is 0 Å². The lowest BCUT2D eigenvalue weighted by molar-refractivity contribution is 0.415. The van der Waals surface area contributed by atoms with E-state index in [0.717, 1.165) is 16.9 Å². The number of pyridine rings is 1. The fourth-order valence-corrected chi connectivity index (χ4v) is 3.01. The molecule has 0 aliphatic heterocycles. The van der Waals surface area contributed by atoms with Gasteiger partial charge in [-0.15, -0.1) is 11.3 Å². The maximum Gasteiger partial charge on any atom is 0.252 e. The van der Waals surface area contributed by atoms with Crippen LogP contribution < -0.4 is 10.3 Å². The van der Waals surface area contributed by atoms with E-state index in [1.165, 1.54) is 17.4 Å². The summed E-state index contributed by atoms with van der Waals surface area (Å²) < 4.78 is 5.12. The number of aromatic hydroxyl groups is 1. The van der Waals surface area contributed by atoms with Crippen LogP contribution in [-0.2, 0) is 0 Å². The molecule has 0 aliphatic carbocycles. The number of nitrogens with one attached hydrogen (secondary N) is 1. The molecule has 0 spiro atoms. The Hall–Kier alpha value is -2.27. The van der Waals surface area contributed by atoms with Gasteiger partial charge in [0.2, 0.25) is 0 Å². The van der Waals surface area contributed by atoms with Gasteiger partial charge in [-0.05, 0) is 17.7 Å². The molecule has 5 heteroatoms. The Bertz CT molecular complexity index is 787. The summed E-state index contributed by atoms with van der Waals surface area (Å²) in [5.41, 5.74) is 1.57. The lowest BCUT2D eigenvalue weighted by Gasteiger charge is -2.03. The maximum absolute atomic E-state index is 11.3. The molecule has 3 rings (SSSR count). The molecule has 0 unspecified atom stereocenters. The molecule has 2 aromatic heterocycles. The normalized spacial score (nSPS) is 10.8. The Kier molecular flexibility index (Phi) is 2.76. The molecule has 0 radical (unpaired) electrons. The van der Waals surface area contributed by atoms with Gasteiger partial charge in [-0.3, -0.25) is 4.79 Å². The molecule has 2 N–H and O–H groups in total. The molecule has 2 heterocycles. The van der Waals surface area contributed by atoms with E-state index in [-0.39, 0.29) is 11.3 Å². The van der Waals surface area contributed by atoms with Crippen LogP contribution in [0.2, 0.25) is 0 Å². The van der Waals surface area contributed by atoms with Crippen molar-refractivity contribution in [3.8, 4) is 22.6 Å². The second kappa shape index (κ2) is 4.44. The molecule has 0 aliphatic rings. The smallest absolute Gasteiger partial charge is 0.252 e. The zero-order valence-electron chi connectivity index (χ0n) is 10.1. The first-order valence-electron chi connectivity index (χ1n) is 5.67. The molecule has 0 amide bonds. The number of rotatable bonds is 2. The van der Waals surface area contributed by atoms with Gasteiger partial charge in [-0.2, -0.15) is 0 Å². The van der Waals surface area contributed by atoms with Crippen LogP contribution in [0.15, 0.2) is 40.5 Å². The number of thiophene rings is 1. The number of fused-ring (bicyclic) bond motifs is 1. The first-order valence-corrected chi connectivity index (χ1v) is 6.55. The average Bonchev–Trinajstić information content (AvgIpc) is 2.83. The van der Waals surface area contributed by atoms with Crippen LogP contribution in [0.3, 0.4) is 0 Å². The van der Waals surface area contributed by atoms with Crippen LogP contribution in [0.1, 0.15) is 0 Å². The molecule has 4 nitrogen and oxygen atoms in total. The molecule has 19 heavy (non-hydrogen) atoms. The van der Waals surface area contributed by atoms with E-state index in [9.17, 15) is 9.90 Å². The first kappa shape index (κ1) is 11.8. The predicted octanol–water partition coefficient (Wildman–Crippen LogP) is 2.97. The van der Waals surface area contributed by atoms with Gasteiger partial charge in [0, 0.05) is 17.0 Å². The van der Waals surface area contributed by atoms with E-state index < -0.39 is 0 Å².